The predicted octanol–water partition coefficient (Wildman–Crippen LogP) is 3.22. The van der Waals surface area contributed by atoms with E-state index in [0.717, 1.165) is 5.69 Å². The van der Waals surface area contributed by atoms with Crippen LogP contribution >= 0.6 is 23.1 Å². The van der Waals surface area contributed by atoms with Gasteiger partial charge in [0.15, 0.2) is 11.0 Å². The number of anilines is 1. The van der Waals surface area contributed by atoms with E-state index in [1.165, 1.54) is 27.7 Å². The van der Waals surface area contributed by atoms with Crippen molar-refractivity contribution in [1.29, 1.82) is 0 Å². The molecule has 0 atom stereocenters. The number of benzene rings is 1. The van der Waals surface area contributed by atoms with E-state index in [4.69, 9.17) is 4.74 Å². The molecule has 1 aromatic carbocycles. The summed E-state index contributed by atoms with van der Waals surface area (Å²) in [7, 11) is 1.58. The van der Waals surface area contributed by atoms with E-state index in [2.05, 4.69) is 20.5 Å². The first-order valence-electron chi connectivity index (χ1n) is 8.64. The minimum atomic E-state index is -0.234. The van der Waals surface area contributed by atoms with Gasteiger partial charge >= 0.3 is 0 Å². The van der Waals surface area contributed by atoms with Crippen molar-refractivity contribution in [2.75, 3.05) is 18.2 Å². The number of fused-ring (bicyclic) bond motifs is 1. The maximum absolute atomic E-state index is 13.1. The molecule has 0 saturated carbocycles. The normalized spacial score (nSPS) is 11.0. The molecule has 10 heteroatoms. The molecule has 0 radical (unpaired) electrons. The highest BCUT2D eigenvalue weighted by Gasteiger charge is 2.16. The molecular formula is C19H17N5O3S2. The minimum Gasteiger partial charge on any atom is -0.497 e. The van der Waals surface area contributed by atoms with E-state index in [1.807, 2.05) is 12.3 Å². The lowest BCUT2D eigenvalue weighted by molar-refractivity contribution is -0.113. The molecule has 3 heterocycles. The predicted molar refractivity (Wildman–Crippen MR) is 114 cm³/mol. The third-order valence-electron chi connectivity index (χ3n) is 4.09. The molecule has 0 spiro atoms. The Balaban J connectivity index is 1.65. The second kappa shape index (κ2) is 8.10. The van der Waals surface area contributed by atoms with Crippen LogP contribution in [0.15, 0.2) is 51.7 Å². The summed E-state index contributed by atoms with van der Waals surface area (Å²) in [6, 6.07) is 10.7. The maximum atomic E-state index is 13.1. The molecule has 0 saturated heterocycles. The monoisotopic (exact) mass is 427 g/mol. The molecule has 0 aliphatic carbocycles. The van der Waals surface area contributed by atoms with Gasteiger partial charge in [-0.2, -0.15) is 5.10 Å². The first kappa shape index (κ1) is 19.2. The molecule has 0 bridgehead atoms. The number of ether oxygens (including phenoxy) is 1. The Hall–Kier alpha value is -3.11. The van der Waals surface area contributed by atoms with Crippen molar-refractivity contribution >= 4 is 45.0 Å². The van der Waals surface area contributed by atoms with E-state index in [9.17, 15) is 9.59 Å². The van der Waals surface area contributed by atoms with Gasteiger partial charge < -0.3 is 10.1 Å². The van der Waals surface area contributed by atoms with E-state index in [-0.39, 0.29) is 17.2 Å². The SMILES string of the molecule is COc1ccc(-n2c(SCC(=O)Nc3cc(C)[nH]n3)nc3ccsc3c2=O)cc1. The van der Waals surface area contributed by atoms with Crippen molar-refractivity contribution in [1.82, 2.24) is 19.7 Å². The van der Waals surface area contributed by atoms with Gasteiger partial charge in [-0.05, 0) is 42.6 Å². The fourth-order valence-electron chi connectivity index (χ4n) is 2.74. The third-order valence-corrected chi connectivity index (χ3v) is 5.92. The summed E-state index contributed by atoms with van der Waals surface area (Å²) in [4.78, 5) is 30.0. The molecule has 3 aromatic heterocycles. The second-order valence-corrected chi connectivity index (χ2v) is 8.00. The Bertz CT molecular complexity index is 1230. The van der Waals surface area contributed by atoms with Gasteiger partial charge in [0.2, 0.25) is 5.91 Å². The Kier molecular flexibility index (Phi) is 5.36. The van der Waals surface area contributed by atoms with Crippen LogP contribution in [0.1, 0.15) is 5.69 Å². The third kappa shape index (κ3) is 4.03. The van der Waals surface area contributed by atoms with Gasteiger partial charge in [0.25, 0.3) is 5.56 Å². The molecule has 0 aliphatic rings. The summed E-state index contributed by atoms with van der Waals surface area (Å²) in [6.07, 6.45) is 0. The molecule has 29 heavy (non-hydrogen) atoms. The molecule has 1 amide bonds. The first-order chi connectivity index (χ1) is 14.0. The van der Waals surface area contributed by atoms with Gasteiger partial charge in [-0.15, -0.1) is 11.3 Å². The molecule has 0 aliphatic heterocycles. The number of hydrogen-bond donors (Lipinski definition) is 2. The molecule has 4 aromatic rings. The molecule has 0 fully saturated rings. The van der Waals surface area contributed by atoms with Crippen LogP contribution in [0.5, 0.6) is 5.75 Å². The van der Waals surface area contributed by atoms with Crippen LogP contribution in [0.25, 0.3) is 15.9 Å². The number of methoxy groups -OCH3 is 1. The zero-order chi connectivity index (χ0) is 20.4. The zero-order valence-electron chi connectivity index (χ0n) is 15.6. The van der Waals surface area contributed by atoms with E-state index >= 15 is 0 Å². The average molecular weight is 428 g/mol. The number of nitrogens with zero attached hydrogens (tertiary/aromatic N) is 3. The Morgan fingerprint density at radius 1 is 1.31 bits per heavy atom. The van der Waals surface area contributed by atoms with E-state index in [0.29, 0.717) is 32.6 Å². The number of nitrogens with one attached hydrogen (secondary N) is 2. The average Bonchev–Trinajstić information content (AvgIpc) is 3.35. The van der Waals surface area contributed by atoms with Crippen molar-refractivity contribution in [2.24, 2.45) is 0 Å². The van der Waals surface area contributed by atoms with Crippen LogP contribution in [0.3, 0.4) is 0 Å². The number of aromatic amines is 1. The van der Waals surface area contributed by atoms with Gasteiger partial charge in [0, 0.05) is 11.8 Å². The van der Waals surface area contributed by atoms with Gasteiger partial charge in [-0.25, -0.2) is 4.98 Å². The molecule has 148 valence electrons. The van der Waals surface area contributed by atoms with Gasteiger partial charge in [0.05, 0.1) is 24.1 Å². The maximum Gasteiger partial charge on any atom is 0.276 e. The summed E-state index contributed by atoms with van der Waals surface area (Å²) < 4.78 is 7.29. The van der Waals surface area contributed by atoms with Crippen LogP contribution in [0.2, 0.25) is 0 Å². The summed E-state index contributed by atoms with van der Waals surface area (Å²) in [6.45, 7) is 1.85. The summed E-state index contributed by atoms with van der Waals surface area (Å²) >= 11 is 2.54. The number of amides is 1. The van der Waals surface area contributed by atoms with Gasteiger partial charge in [-0.1, -0.05) is 11.8 Å². The lowest BCUT2D eigenvalue weighted by Gasteiger charge is -2.12. The number of H-pyrrole nitrogens is 1. The van der Waals surface area contributed by atoms with Crippen LogP contribution < -0.4 is 15.6 Å². The fourth-order valence-corrected chi connectivity index (χ4v) is 4.31. The number of rotatable bonds is 6. The Morgan fingerprint density at radius 2 is 2.10 bits per heavy atom. The number of aryl methyl sites for hydroxylation is 1. The van der Waals surface area contributed by atoms with Crippen LogP contribution in [0.4, 0.5) is 5.82 Å². The number of thiophene rings is 1. The fraction of sp³-hybridized carbons (Fsp3) is 0.158. The van der Waals surface area contributed by atoms with Crippen molar-refractivity contribution in [3.05, 3.63) is 57.8 Å². The van der Waals surface area contributed by atoms with Crippen molar-refractivity contribution in [3.63, 3.8) is 0 Å². The molecule has 4 rings (SSSR count). The number of aromatic nitrogens is 4. The standard InChI is InChI=1S/C19H17N5O3S2/c1-11-9-15(23-22-11)21-16(25)10-29-19-20-14-7-8-28-17(14)18(26)24(19)12-3-5-13(27-2)6-4-12/h3-9H,10H2,1-2H3,(H2,21,22,23,25). The number of carbonyl (C=O) groups excluding carboxylic acids is 1. The van der Waals surface area contributed by atoms with Crippen molar-refractivity contribution in [3.8, 4) is 11.4 Å². The van der Waals surface area contributed by atoms with Crippen LogP contribution in [-0.2, 0) is 4.79 Å². The highest BCUT2D eigenvalue weighted by Crippen LogP contribution is 2.24. The largest absolute Gasteiger partial charge is 0.497 e. The smallest absolute Gasteiger partial charge is 0.276 e. The van der Waals surface area contributed by atoms with E-state index < -0.39 is 0 Å². The summed E-state index contributed by atoms with van der Waals surface area (Å²) in [5.74, 6) is 1.00. The Morgan fingerprint density at radius 3 is 2.79 bits per heavy atom. The first-order valence-corrected chi connectivity index (χ1v) is 10.5. The topological polar surface area (TPSA) is 102 Å². The van der Waals surface area contributed by atoms with Crippen LogP contribution in [-0.4, -0.2) is 38.5 Å². The summed E-state index contributed by atoms with van der Waals surface area (Å²) in [5, 5.41) is 11.8. The molecular weight excluding hydrogens is 410 g/mol. The lowest BCUT2D eigenvalue weighted by atomic mass is 10.3. The van der Waals surface area contributed by atoms with Gasteiger partial charge in [0.1, 0.15) is 10.4 Å². The summed E-state index contributed by atoms with van der Waals surface area (Å²) in [5.41, 5.74) is 1.96. The quantitative estimate of drug-likeness (QED) is 0.362. The lowest BCUT2D eigenvalue weighted by Crippen LogP contribution is -2.22. The molecule has 2 N–H and O–H groups in total. The minimum absolute atomic E-state index is 0.0874. The van der Waals surface area contributed by atoms with Crippen molar-refractivity contribution in [2.45, 2.75) is 12.1 Å². The zero-order valence-corrected chi connectivity index (χ0v) is 17.3. The highest BCUT2D eigenvalue weighted by atomic mass is 32.2. The Labute approximate surface area is 173 Å². The number of thioether (sulfide) groups is 1. The number of hydrogen-bond acceptors (Lipinski definition) is 7. The molecule has 0 unspecified atom stereocenters. The highest BCUT2D eigenvalue weighted by molar-refractivity contribution is 7.99. The van der Waals surface area contributed by atoms with Crippen LogP contribution in [0, 0.1) is 6.92 Å². The second-order valence-electron chi connectivity index (χ2n) is 6.14. The number of carbonyl (C=O) groups is 1. The van der Waals surface area contributed by atoms with E-state index in [1.54, 1.807) is 43.5 Å². The molecule has 8 nitrogen and oxygen atoms in total. The van der Waals surface area contributed by atoms with Crippen molar-refractivity contribution < 1.29 is 9.53 Å². The van der Waals surface area contributed by atoms with Gasteiger partial charge in [-0.3, -0.25) is 19.3 Å².